The zero-order valence-electron chi connectivity index (χ0n) is 14.8. The average Bonchev–Trinajstić information content (AvgIpc) is 2.99. The lowest BCUT2D eigenvalue weighted by Crippen LogP contribution is -2.38. The largest absolute Gasteiger partial charge is 0.496 e. The highest BCUT2D eigenvalue weighted by molar-refractivity contribution is 7.09. The normalized spacial score (nSPS) is 11.4. The van der Waals surface area contributed by atoms with Crippen molar-refractivity contribution in [1.82, 2.24) is 15.6 Å². The molecule has 1 heterocycles. The zero-order chi connectivity index (χ0) is 17.4. The Balaban J connectivity index is 1.90. The molecule has 2 N–H and O–H groups in total. The standard InChI is InChI=1S/C18H26N4OS/c1-5-19-18(21-11-17-14(3)22-12-24-17)20-9-8-15-7-6-13(2)16(10-15)23-4/h6-7,10,12H,5,8-9,11H2,1-4H3,(H2,19,20,21). The maximum Gasteiger partial charge on any atom is 0.191 e. The van der Waals surface area contributed by atoms with E-state index in [9.17, 15) is 0 Å². The van der Waals surface area contributed by atoms with Crippen LogP contribution in [0.2, 0.25) is 0 Å². The molecule has 0 radical (unpaired) electrons. The molecular weight excluding hydrogens is 320 g/mol. The Labute approximate surface area is 148 Å². The molecule has 2 rings (SSSR count). The number of ether oxygens (including phenoxy) is 1. The van der Waals surface area contributed by atoms with Gasteiger partial charge in [0.05, 0.1) is 24.9 Å². The third-order valence-corrected chi connectivity index (χ3v) is 4.67. The summed E-state index contributed by atoms with van der Waals surface area (Å²) in [6, 6.07) is 6.34. The highest BCUT2D eigenvalue weighted by Gasteiger charge is 2.03. The molecule has 0 aliphatic heterocycles. The third-order valence-electron chi connectivity index (χ3n) is 3.75. The second-order valence-corrected chi connectivity index (χ2v) is 6.48. The highest BCUT2D eigenvalue weighted by Crippen LogP contribution is 2.19. The maximum atomic E-state index is 5.38. The van der Waals surface area contributed by atoms with E-state index in [1.54, 1.807) is 18.4 Å². The van der Waals surface area contributed by atoms with Crippen molar-refractivity contribution in [3.63, 3.8) is 0 Å². The summed E-state index contributed by atoms with van der Waals surface area (Å²) in [7, 11) is 1.71. The van der Waals surface area contributed by atoms with Gasteiger partial charge in [-0.05, 0) is 44.4 Å². The molecule has 130 valence electrons. The molecule has 6 heteroatoms. The zero-order valence-corrected chi connectivity index (χ0v) is 15.7. The molecule has 0 aliphatic rings. The molecule has 0 aliphatic carbocycles. The molecule has 1 aromatic carbocycles. The molecule has 0 spiro atoms. The van der Waals surface area contributed by atoms with Gasteiger partial charge in [0.25, 0.3) is 0 Å². The van der Waals surface area contributed by atoms with Crippen LogP contribution < -0.4 is 15.4 Å². The van der Waals surface area contributed by atoms with Gasteiger partial charge in [-0.25, -0.2) is 9.98 Å². The summed E-state index contributed by atoms with van der Waals surface area (Å²) in [5.74, 6) is 1.78. The van der Waals surface area contributed by atoms with Gasteiger partial charge in [-0.1, -0.05) is 12.1 Å². The van der Waals surface area contributed by atoms with E-state index in [0.29, 0.717) is 6.54 Å². The van der Waals surface area contributed by atoms with Crippen LogP contribution in [-0.4, -0.2) is 31.1 Å². The van der Waals surface area contributed by atoms with Crippen molar-refractivity contribution in [2.24, 2.45) is 4.99 Å². The van der Waals surface area contributed by atoms with Gasteiger partial charge in [0, 0.05) is 18.0 Å². The van der Waals surface area contributed by atoms with E-state index < -0.39 is 0 Å². The van der Waals surface area contributed by atoms with E-state index in [1.165, 1.54) is 10.4 Å². The van der Waals surface area contributed by atoms with Crippen molar-refractivity contribution in [3.05, 3.63) is 45.4 Å². The van der Waals surface area contributed by atoms with Crippen LogP contribution in [0.1, 0.15) is 28.6 Å². The van der Waals surface area contributed by atoms with Gasteiger partial charge in [0.1, 0.15) is 5.75 Å². The Morgan fingerprint density at radius 1 is 1.29 bits per heavy atom. The van der Waals surface area contributed by atoms with E-state index in [2.05, 4.69) is 52.7 Å². The van der Waals surface area contributed by atoms with Crippen LogP contribution in [0.3, 0.4) is 0 Å². The summed E-state index contributed by atoms with van der Waals surface area (Å²) in [6.07, 6.45) is 0.917. The minimum absolute atomic E-state index is 0.657. The number of hydrogen-bond donors (Lipinski definition) is 2. The molecule has 0 unspecified atom stereocenters. The minimum Gasteiger partial charge on any atom is -0.496 e. The molecular formula is C18H26N4OS. The van der Waals surface area contributed by atoms with Gasteiger partial charge in [0.2, 0.25) is 0 Å². The van der Waals surface area contributed by atoms with E-state index in [-0.39, 0.29) is 0 Å². The van der Waals surface area contributed by atoms with E-state index in [1.807, 2.05) is 12.4 Å². The number of aryl methyl sites for hydroxylation is 2. The van der Waals surface area contributed by atoms with Gasteiger partial charge >= 0.3 is 0 Å². The molecule has 24 heavy (non-hydrogen) atoms. The summed E-state index contributed by atoms with van der Waals surface area (Å²) in [5, 5.41) is 6.67. The smallest absolute Gasteiger partial charge is 0.191 e. The number of rotatable bonds is 7. The van der Waals surface area contributed by atoms with Gasteiger partial charge in [-0.2, -0.15) is 0 Å². The Bertz CT molecular complexity index is 681. The number of nitrogens with zero attached hydrogens (tertiary/aromatic N) is 2. The first-order valence-electron chi connectivity index (χ1n) is 8.18. The third kappa shape index (κ3) is 5.23. The van der Waals surface area contributed by atoms with E-state index >= 15 is 0 Å². The second-order valence-electron chi connectivity index (χ2n) is 5.54. The van der Waals surface area contributed by atoms with Gasteiger partial charge < -0.3 is 15.4 Å². The topological polar surface area (TPSA) is 58.5 Å². The van der Waals surface area contributed by atoms with Crippen LogP contribution in [0.25, 0.3) is 0 Å². The molecule has 0 atom stereocenters. The molecule has 5 nitrogen and oxygen atoms in total. The Hall–Kier alpha value is -2.08. The predicted molar refractivity (Wildman–Crippen MR) is 101 cm³/mol. The Morgan fingerprint density at radius 2 is 2.12 bits per heavy atom. The Morgan fingerprint density at radius 3 is 2.79 bits per heavy atom. The van der Waals surface area contributed by atoms with Crippen molar-refractivity contribution >= 4 is 17.3 Å². The van der Waals surface area contributed by atoms with Crippen LogP contribution >= 0.6 is 11.3 Å². The highest BCUT2D eigenvalue weighted by atomic mass is 32.1. The fourth-order valence-corrected chi connectivity index (χ4v) is 3.02. The first kappa shape index (κ1) is 18.3. The fourth-order valence-electron chi connectivity index (χ4n) is 2.32. The summed E-state index contributed by atoms with van der Waals surface area (Å²) >= 11 is 1.65. The number of thiazole rings is 1. The van der Waals surface area contributed by atoms with Crippen molar-refractivity contribution in [2.75, 3.05) is 20.2 Å². The number of benzene rings is 1. The summed E-state index contributed by atoms with van der Waals surface area (Å²) < 4.78 is 5.38. The van der Waals surface area contributed by atoms with E-state index in [0.717, 1.165) is 42.5 Å². The first-order valence-corrected chi connectivity index (χ1v) is 9.06. The summed E-state index contributed by atoms with van der Waals surface area (Å²) in [5.41, 5.74) is 5.33. The predicted octanol–water partition coefficient (Wildman–Crippen LogP) is 3.07. The van der Waals surface area contributed by atoms with Crippen LogP contribution in [-0.2, 0) is 13.0 Å². The number of methoxy groups -OCH3 is 1. The molecule has 1 aromatic heterocycles. The summed E-state index contributed by atoms with van der Waals surface area (Å²) in [6.45, 7) is 8.46. The molecule has 0 saturated heterocycles. The van der Waals surface area contributed by atoms with Crippen molar-refractivity contribution in [2.45, 2.75) is 33.7 Å². The van der Waals surface area contributed by atoms with Crippen LogP contribution in [0, 0.1) is 13.8 Å². The van der Waals surface area contributed by atoms with Gasteiger partial charge in [0.15, 0.2) is 5.96 Å². The maximum absolute atomic E-state index is 5.38. The van der Waals surface area contributed by atoms with Crippen LogP contribution in [0.5, 0.6) is 5.75 Å². The minimum atomic E-state index is 0.657. The van der Waals surface area contributed by atoms with Gasteiger partial charge in [-0.15, -0.1) is 11.3 Å². The van der Waals surface area contributed by atoms with Crippen LogP contribution in [0.15, 0.2) is 28.7 Å². The lowest BCUT2D eigenvalue weighted by atomic mass is 10.1. The summed E-state index contributed by atoms with van der Waals surface area (Å²) in [4.78, 5) is 10.1. The SMILES string of the molecule is CCNC(=NCc1scnc1C)NCCc1ccc(C)c(OC)c1. The number of nitrogens with one attached hydrogen (secondary N) is 2. The van der Waals surface area contributed by atoms with Crippen molar-refractivity contribution < 1.29 is 4.74 Å². The lowest BCUT2D eigenvalue weighted by molar-refractivity contribution is 0.411. The Kier molecular flexibility index (Phi) is 7.06. The van der Waals surface area contributed by atoms with Crippen molar-refractivity contribution in [3.8, 4) is 5.75 Å². The monoisotopic (exact) mass is 346 g/mol. The van der Waals surface area contributed by atoms with E-state index in [4.69, 9.17) is 4.74 Å². The molecule has 0 fully saturated rings. The second kappa shape index (κ2) is 9.27. The lowest BCUT2D eigenvalue weighted by Gasteiger charge is -2.12. The van der Waals surface area contributed by atoms with Gasteiger partial charge in [-0.3, -0.25) is 0 Å². The molecule has 0 saturated carbocycles. The van der Waals surface area contributed by atoms with Crippen molar-refractivity contribution in [1.29, 1.82) is 0 Å². The quantitative estimate of drug-likeness (QED) is 0.597. The first-order chi connectivity index (χ1) is 11.6. The number of aliphatic imine (C=N–C) groups is 1. The number of aromatic nitrogens is 1. The number of hydrogen-bond acceptors (Lipinski definition) is 4. The number of guanidine groups is 1. The fraction of sp³-hybridized carbons (Fsp3) is 0.444. The average molecular weight is 347 g/mol. The van der Waals surface area contributed by atoms with Crippen LogP contribution in [0.4, 0.5) is 0 Å². The molecule has 2 aromatic rings. The molecule has 0 amide bonds. The molecule has 0 bridgehead atoms.